The van der Waals surface area contributed by atoms with Crippen molar-refractivity contribution in [1.82, 2.24) is 5.54 Å². The van der Waals surface area contributed by atoms with E-state index in [4.69, 9.17) is 0 Å². The molecular weight excluding hydrogens is 233 g/mol. The highest BCUT2D eigenvalue weighted by molar-refractivity contribution is 4.95. The molecule has 0 aliphatic rings. The molecule has 0 bridgehead atoms. The molecule has 0 unspecified atom stereocenters. The van der Waals surface area contributed by atoms with Crippen LogP contribution in [0.5, 0.6) is 0 Å². The zero-order chi connectivity index (χ0) is 11.8. The van der Waals surface area contributed by atoms with Crippen LogP contribution >= 0.6 is 0 Å². The summed E-state index contributed by atoms with van der Waals surface area (Å²) in [6.07, 6.45) is -5.04. The Morgan fingerprint density at radius 3 is 1.43 bits per heavy atom. The number of hydrogen-bond donors (Lipinski definition) is 1. The fourth-order valence-electron chi connectivity index (χ4n) is 0.406. The minimum atomic E-state index is -6.54. The van der Waals surface area contributed by atoms with Crippen LogP contribution in [-0.2, 0) is 0 Å². The third-order valence-electron chi connectivity index (χ3n) is 1.21. The zero-order valence-electron chi connectivity index (χ0n) is 5.98. The Balaban J connectivity index is 5.14. The van der Waals surface area contributed by atoms with Crippen molar-refractivity contribution in [3.63, 3.8) is 0 Å². The van der Waals surface area contributed by atoms with E-state index in [2.05, 4.69) is 0 Å². The van der Waals surface area contributed by atoms with E-state index >= 15 is 0 Å². The molecule has 0 saturated heterocycles. The smallest absolute Gasteiger partial charge is 0.203 e. The van der Waals surface area contributed by atoms with E-state index in [0.717, 1.165) is 0 Å². The van der Waals surface area contributed by atoms with Crippen molar-refractivity contribution in [2.24, 2.45) is 0 Å². The van der Waals surface area contributed by atoms with Gasteiger partial charge in [-0.2, -0.15) is 26.3 Å². The first-order valence-electron chi connectivity index (χ1n) is 2.80. The Kier molecular flexibility index (Phi) is 3.31. The number of alkyl halides is 8. The molecule has 0 atom stereocenters. The predicted octanol–water partition coefficient (Wildman–Crippen LogP) is 2.59. The van der Waals surface area contributed by atoms with Crippen molar-refractivity contribution in [3.8, 4) is 0 Å². The van der Waals surface area contributed by atoms with Crippen LogP contribution in [0.3, 0.4) is 0 Å². The van der Waals surface area contributed by atoms with Crippen LogP contribution in [0.15, 0.2) is 0 Å². The minimum Gasteiger partial charge on any atom is -0.203 e. The Hall–Kier alpha value is -0.670. The van der Waals surface area contributed by atoms with Gasteiger partial charge in [-0.3, -0.25) is 0 Å². The van der Waals surface area contributed by atoms with E-state index in [0.29, 0.717) is 0 Å². The lowest BCUT2D eigenvalue weighted by molar-refractivity contribution is -0.356. The normalized spacial score (nSPS) is 15.0. The lowest BCUT2D eigenvalue weighted by atomic mass is 10.1. The highest BCUT2D eigenvalue weighted by Gasteiger charge is 2.76. The maximum Gasteiger partial charge on any atom is 0.396 e. The van der Waals surface area contributed by atoms with Crippen molar-refractivity contribution >= 4 is 0 Å². The first-order chi connectivity index (χ1) is 6.00. The largest absolute Gasteiger partial charge is 0.396 e. The van der Waals surface area contributed by atoms with Crippen LogP contribution in [0.1, 0.15) is 0 Å². The topological polar surface area (TPSA) is 12.0 Å². The third-order valence-corrected chi connectivity index (χ3v) is 1.21. The fraction of sp³-hybridized carbons (Fsp3) is 1.00. The second kappa shape index (κ2) is 3.48. The van der Waals surface area contributed by atoms with Gasteiger partial charge in [0.05, 0.1) is 0 Å². The molecule has 14 heavy (non-hydrogen) atoms. The summed E-state index contributed by atoms with van der Waals surface area (Å²) >= 11 is 0. The van der Waals surface area contributed by atoms with Crippen molar-refractivity contribution in [2.75, 3.05) is 0 Å². The summed E-state index contributed by atoms with van der Waals surface area (Å²) in [7, 11) is 0. The minimum absolute atomic E-state index is 0.954. The lowest BCUT2D eigenvalue weighted by Crippen LogP contribution is -2.61. The van der Waals surface area contributed by atoms with E-state index in [1.165, 1.54) is 0 Å². The van der Waals surface area contributed by atoms with Crippen molar-refractivity contribution in [1.29, 1.82) is 0 Å². The molecule has 1 N–H and O–H groups in total. The molecular formula is C4H2F9N. The van der Waals surface area contributed by atoms with Crippen LogP contribution in [0.2, 0.25) is 0 Å². The molecule has 0 aromatic rings. The SMILES string of the molecule is FNC(F)(F)C(F)(F)C(F)(F)C(F)F. The van der Waals surface area contributed by atoms with E-state index in [-0.39, 0.29) is 0 Å². The van der Waals surface area contributed by atoms with Gasteiger partial charge in [0, 0.05) is 0 Å². The summed E-state index contributed by atoms with van der Waals surface area (Å²) in [6.45, 7) is 0. The van der Waals surface area contributed by atoms with Gasteiger partial charge < -0.3 is 0 Å². The van der Waals surface area contributed by atoms with Gasteiger partial charge in [0.1, 0.15) is 0 Å². The molecule has 0 aromatic heterocycles. The maximum absolute atomic E-state index is 11.9. The summed E-state index contributed by atoms with van der Waals surface area (Å²) in [6, 6.07) is -6.08. The second-order valence-electron chi connectivity index (χ2n) is 2.17. The Morgan fingerprint density at radius 2 is 1.21 bits per heavy atom. The molecule has 0 saturated carbocycles. The van der Waals surface area contributed by atoms with Gasteiger partial charge in [-0.25, -0.2) is 8.78 Å². The maximum atomic E-state index is 11.9. The monoisotopic (exact) mass is 235 g/mol. The van der Waals surface area contributed by atoms with Gasteiger partial charge in [0.25, 0.3) is 0 Å². The molecule has 86 valence electrons. The lowest BCUT2D eigenvalue weighted by Gasteiger charge is -2.30. The fourth-order valence-corrected chi connectivity index (χ4v) is 0.406. The highest BCUT2D eigenvalue weighted by atomic mass is 19.4. The van der Waals surface area contributed by atoms with Crippen LogP contribution in [-0.4, -0.2) is 24.3 Å². The molecule has 10 heteroatoms. The molecule has 1 nitrogen and oxygen atoms in total. The number of hydrogen-bond acceptors (Lipinski definition) is 1. The van der Waals surface area contributed by atoms with E-state index in [1.807, 2.05) is 0 Å². The number of nitrogens with one attached hydrogen (secondary N) is 1. The van der Waals surface area contributed by atoms with Crippen LogP contribution in [0, 0.1) is 0 Å². The summed E-state index contributed by atoms with van der Waals surface area (Å²) in [5, 5.41) is 0. The van der Waals surface area contributed by atoms with Gasteiger partial charge >= 0.3 is 24.3 Å². The first kappa shape index (κ1) is 13.3. The summed E-state index contributed by atoms with van der Waals surface area (Å²) in [5.74, 6) is -12.9. The van der Waals surface area contributed by atoms with Crippen molar-refractivity contribution in [3.05, 3.63) is 0 Å². The van der Waals surface area contributed by atoms with Gasteiger partial charge in [0.2, 0.25) is 0 Å². The summed E-state index contributed by atoms with van der Waals surface area (Å²) in [5.41, 5.74) is -0.954. The predicted molar refractivity (Wildman–Crippen MR) is 25.1 cm³/mol. The average Bonchev–Trinajstić information content (AvgIpc) is 2.03. The van der Waals surface area contributed by atoms with Gasteiger partial charge in [-0.15, -0.1) is 4.48 Å². The third kappa shape index (κ3) is 1.74. The highest BCUT2D eigenvalue weighted by Crippen LogP contribution is 2.47. The van der Waals surface area contributed by atoms with Crippen LogP contribution in [0.4, 0.5) is 39.6 Å². The van der Waals surface area contributed by atoms with Crippen molar-refractivity contribution < 1.29 is 39.6 Å². The van der Waals surface area contributed by atoms with E-state index < -0.39 is 29.9 Å². The number of halogens is 9. The molecule has 0 aliphatic heterocycles. The second-order valence-corrected chi connectivity index (χ2v) is 2.17. The summed E-state index contributed by atoms with van der Waals surface area (Å²) in [4.78, 5) is 0. The number of rotatable bonds is 4. The molecule has 0 heterocycles. The molecule has 0 aliphatic carbocycles. The molecule has 0 fully saturated rings. The Labute approximate surface area is 70.8 Å². The first-order valence-corrected chi connectivity index (χ1v) is 2.80. The Bertz CT molecular complexity index is 199. The van der Waals surface area contributed by atoms with Gasteiger partial charge in [-0.1, -0.05) is 5.54 Å². The Morgan fingerprint density at radius 1 is 0.857 bits per heavy atom. The average molecular weight is 235 g/mol. The molecule has 0 aromatic carbocycles. The summed E-state index contributed by atoms with van der Waals surface area (Å²) < 4.78 is 105. The molecule has 0 spiro atoms. The molecule has 0 rings (SSSR count). The molecule has 0 radical (unpaired) electrons. The standard InChI is InChI=1S/C4H2F9N/c5-1(6)2(7,8)3(9,10)4(11,12)14-13/h1,14H. The van der Waals surface area contributed by atoms with Crippen LogP contribution < -0.4 is 5.54 Å². The molecule has 0 amide bonds. The van der Waals surface area contributed by atoms with Gasteiger partial charge in [0.15, 0.2) is 0 Å². The van der Waals surface area contributed by atoms with E-state index in [9.17, 15) is 39.6 Å². The van der Waals surface area contributed by atoms with E-state index in [1.54, 1.807) is 0 Å². The van der Waals surface area contributed by atoms with Crippen molar-refractivity contribution in [2.45, 2.75) is 24.3 Å². The zero-order valence-corrected chi connectivity index (χ0v) is 5.98. The quantitative estimate of drug-likeness (QED) is 0.448. The van der Waals surface area contributed by atoms with Crippen LogP contribution in [0.25, 0.3) is 0 Å². The van der Waals surface area contributed by atoms with Gasteiger partial charge in [-0.05, 0) is 0 Å².